The number of allylic oxidation sites excluding steroid dienone is 18. The number of phosphoric acid groups is 2. The number of esters is 4. The first-order valence-electron chi connectivity index (χ1n) is 38.1. The van der Waals surface area contributed by atoms with Crippen LogP contribution in [0.4, 0.5) is 0 Å². The lowest BCUT2D eigenvalue weighted by Crippen LogP contribution is -2.30. The second-order valence-electron chi connectivity index (χ2n) is 25.2. The van der Waals surface area contributed by atoms with Crippen LogP contribution in [0, 0.1) is 0 Å². The van der Waals surface area contributed by atoms with E-state index < -0.39 is 97.5 Å². The molecule has 0 saturated heterocycles. The number of hydrogen-bond acceptors (Lipinski definition) is 15. The third-order valence-electron chi connectivity index (χ3n) is 15.7. The summed E-state index contributed by atoms with van der Waals surface area (Å²) in [5, 5.41) is 10.6. The lowest BCUT2D eigenvalue weighted by atomic mass is 10.1. The Hall–Kier alpha value is -4.28. The summed E-state index contributed by atoms with van der Waals surface area (Å²) < 4.78 is 68.3. The van der Waals surface area contributed by atoms with Gasteiger partial charge in [0, 0.05) is 25.7 Å². The second-order valence-corrected chi connectivity index (χ2v) is 28.1. The van der Waals surface area contributed by atoms with Crippen LogP contribution in [0.15, 0.2) is 109 Å². The summed E-state index contributed by atoms with van der Waals surface area (Å²) in [6, 6.07) is 0. The smallest absolute Gasteiger partial charge is 0.462 e. The highest BCUT2D eigenvalue weighted by molar-refractivity contribution is 7.47. The summed E-state index contributed by atoms with van der Waals surface area (Å²) in [7, 11) is -9.96. The van der Waals surface area contributed by atoms with Gasteiger partial charge in [0.2, 0.25) is 0 Å². The summed E-state index contributed by atoms with van der Waals surface area (Å²) in [6.45, 7) is 4.60. The van der Waals surface area contributed by atoms with Crippen molar-refractivity contribution in [1.29, 1.82) is 0 Å². The van der Waals surface area contributed by atoms with Crippen LogP contribution in [0.25, 0.3) is 0 Å². The molecule has 0 spiro atoms. The van der Waals surface area contributed by atoms with E-state index in [0.717, 1.165) is 154 Å². The zero-order chi connectivity index (χ0) is 71.8. The Morgan fingerprint density at radius 2 is 0.551 bits per heavy atom. The average molecular weight is 1420 g/mol. The van der Waals surface area contributed by atoms with Gasteiger partial charge in [-0.1, -0.05) is 272 Å². The highest BCUT2D eigenvalue weighted by Gasteiger charge is 2.30. The van der Waals surface area contributed by atoms with Crippen LogP contribution in [0.5, 0.6) is 0 Å². The standard InChI is InChI=1S/C79H136O17P2/c1-5-9-13-17-21-25-29-31-33-35-36-38-40-42-46-48-52-56-60-64-77(82)90-70-75(96-79(84)66-62-58-54-50-44-28-24-20-16-12-8-4)72-94-98(87,88)92-68-73(80)67-91-97(85,86)93-71-74(95-78(83)65-61-57-53-49-43-27-23-19-15-11-7-3)69-89-76(81)63-59-55-51-47-45-41-39-37-34-32-30-26-22-18-14-10-6-2/h10,14,19,21-23,25-26,31-34,36,38-39,41,47,51,73-75,80H,5-9,11-13,15-18,20,24,27-30,35,37,40,42-46,48-50,52-72H2,1-4H3,(H,85,86)(H,87,88)/b14-10-,23-19-,25-21-,26-22-,33-31-,34-32-,38-36-,41-39-,51-47-. The first-order valence-corrected chi connectivity index (χ1v) is 41.1. The van der Waals surface area contributed by atoms with E-state index in [0.29, 0.717) is 32.1 Å². The van der Waals surface area contributed by atoms with Gasteiger partial charge in [-0.05, 0) is 122 Å². The summed E-state index contributed by atoms with van der Waals surface area (Å²) in [5.74, 6) is -2.26. The fourth-order valence-electron chi connectivity index (χ4n) is 9.89. The largest absolute Gasteiger partial charge is 0.472 e. The third kappa shape index (κ3) is 70.2. The molecule has 0 aromatic carbocycles. The van der Waals surface area contributed by atoms with Crippen molar-refractivity contribution in [2.75, 3.05) is 39.6 Å². The monoisotopic (exact) mass is 1420 g/mol. The molecule has 17 nitrogen and oxygen atoms in total. The van der Waals surface area contributed by atoms with E-state index in [9.17, 15) is 43.2 Å². The molecule has 0 radical (unpaired) electrons. The van der Waals surface area contributed by atoms with E-state index >= 15 is 0 Å². The number of aliphatic hydroxyl groups excluding tert-OH is 1. The number of hydrogen-bond donors (Lipinski definition) is 3. The summed E-state index contributed by atoms with van der Waals surface area (Å²) in [5.41, 5.74) is 0. The number of unbranched alkanes of at least 4 members (excludes halogenated alkanes) is 27. The molecule has 0 aromatic rings. The molecular weight excluding hydrogens is 1280 g/mol. The van der Waals surface area contributed by atoms with Crippen molar-refractivity contribution in [2.24, 2.45) is 0 Å². The van der Waals surface area contributed by atoms with Crippen molar-refractivity contribution in [1.82, 2.24) is 0 Å². The van der Waals surface area contributed by atoms with Crippen molar-refractivity contribution < 1.29 is 80.2 Å². The molecule has 0 aliphatic rings. The zero-order valence-electron chi connectivity index (χ0n) is 61.4. The Morgan fingerprint density at radius 1 is 0.296 bits per heavy atom. The van der Waals surface area contributed by atoms with Gasteiger partial charge in [0.1, 0.15) is 19.3 Å². The van der Waals surface area contributed by atoms with Crippen molar-refractivity contribution >= 4 is 39.5 Å². The van der Waals surface area contributed by atoms with Gasteiger partial charge in [0.25, 0.3) is 0 Å². The topological polar surface area (TPSA) is 237 Å². The van der Waals surface area contributed by atoms with Gasteiger partial charge in [-0.3, -0.25) is 37.3 Å². The van der Waals surface area contributed by atoms with Gasteiger partial charge in [0.15, 0.2) is 12.2 Å². The van der Waals surface area contributed by atoms with Crippen molar-refractivity contribution in [3.8, 4) is 0 Å². The summed E-state index contributed by atoms with van der Waals surface area (Å²) in [4.78, 5) is 72.7. The highest BCUT2D eigenvalue weighted by Crippen LogP contribution is 2.45. The first-order chi connectivity index (χ1) is 47.7. The fourth-order valence-corrected chi connectivity index (χ4v) is 11.5. The van der Waals surface area contributed by atoms with E-state index in [2.05, 4.69) is 125 Å². The first kappa shape index (κ1) is 93.7. The average Bonchev–Trinajstić information content (AvgIpc) is 0.983. The number of carbonyl (C=O) groups excluding carboxylic acids is 4. The van der Waals surface area contributed by atoms with Crippen molar-refractivity contribution in [3.63, 3.8) is 0 Å². The molecule has 0 fully saturated rings. The van der Waals surface area contributed by atoms with Gasteiger partial charge >= 0.3 is 39.5 Å². The molecule has 5 atom stereocenters. The van der Waals surface area contributed by atoms with Crippen molar-refractivity contribution in [3.05, 3.63) is 109 Å². The second kappa shape index (κ2) is 71.1. The van der Waals surface area contributed by atoms with E-state index in [1.807, 2.05) is 12.2 Å². The lowest BCUT2D eigenvalue weighted by molar-refractivity contribution is -0.161. The molecule has 0 aliphatic heterocycles. The SMILES string of the molecule is CC/C=C\C/C=C\C/C=C\C/C=C\C/C=C\CCCC(=O)OCC(COP(=O)(O)OCC(O)COP(=O)(O)OCC(COC(=O)CCCCCCCC/C=C\C/C=C\C/C=C\CCCCC)OC(=O)CCCCCCCCCCCCC)OC(=O)CCCCCCC/C=C\CCCC. The minimum Gasteiger partial charge on any atom is -0.462 e. The van der Waals surface area contributed by atoms with Gasteiger partial charge in [-0.15, -0.1) is 0 Å². The molecule has 0 saturated carbocycles. The van der Waals surface area contributed by atoms with E-state index in [4.69, 9.17) is 37.0 Å². The van der Waals surface area contributed by atoms with Crippen LogP contribution >= 0.6 is 15.6 Å². The molecular formula is C79H136O17P2. The molecule has 0 heterocycles. The highest BCUT2D eigenvalue weighted by atomic mass is 31.2. The summed E-state index contributed by atoms with van der Waals surface area (Å²) in [6.07, 6.45) is 75.2. The maximum atomic E-state index is 13.1. The van der Waals surface area contributed by atoms with Gasteiger partial charge in [0.05, 0.1) is 26.4 Å². The molecule has 5 unspecified atom stereocenters. The van der Waals surface area contributed by atoms with Crippen molar-refractivity contribution in [2.45, 2.75) is 329 Å². The quantitative estimate of drug-likeness (QED) is 0.0169. The Labute approximate surface area is 594 Å². The number of carbonyl (C=O) groups is 4. The van der Waals surface area contributed by atoms with Gasteiger partial charge in [-0.2, -0.15) is 0 Å². The van der Waals surface area contributed by atoms with Gasteiger partial charge in [-0.25, -0.2) is 9.13 Å². The molecule has 0 bridgehead atoms. The summed E-state index contributed by atoms with van der Waals surface area (Å²) >= 11 is 0. The van der Waals surface area contributed by atoms with Crippen LogP contribution in [0.1, 0.15) is 310 Å². The number of aliphatic hydroxyl groups is 1. The minimum atomic E-state index is -4.98. The molecule has 564 valence electrons. The zero-order valence-corrected chi connectivity index (χ0v) is 63.2. The minimum absolute atomic E-state index is 0.0713. The molecule has 0 aromatic heterocycles. The molecule has 3 N–H and O–H groups in total. The maximum absolute atomic E-state index is 13.1. The van der Waals surface area contributed by atoms with Crippen LogP contribution < -0.4 is 0 Å². The van der Waals surface area contributed by atoms with Gasteiger partial charge < -0.3 is 33.8 Å². The molecule has 19 heteroatoms. The Kier molecular flexibility index (Phi) is 68.0. The molecule has 0 amide bonds. The fraction of sp³-hybridized carbons (Fsp3) is 0.722. The Morgan fingerprint density at radius 3 is 0.918 bits per heavy atom. The molecule has 98 heavy (non-hydrogen) atoms. The van der Waals surface area contributed by atoms with Crippen LogP contribution in [0.3, 0.4) is 0 Å². The van der Waals surface area contributed by atoms with Crippen LogP contribution in [0.2, 0.25) is 0 Å². The van der Waals surface area contributed by atoms with E-state index in [1.165, 1.54) is 70.6 Å². The normalized spacial score (nSPS) is 14.6. The van der Waals surface area contributed by atoms with Crippen LogP contribution in [-0.2, 0) is 65.4 Å². The Bertz CT molecular complexity index is 2290. The number of ether oxygens (including phenoxy) is 4. The van der Waals surface area contributed by atoms with E-state index in [-0.39, 0.29) is 25.7 Å². The third-order valence-corrected chi connectivity index (χ3v) is 17.6. The predicted molar refractivity (Wildman–Crippen MR) is 399 cm³/mol. The predicted octanol–water partition coefficient (Wildman–Crippen LogP) is 21.8. The number of rotatable bonds is 71. The number of phosphoric ester groups is 2. The Balaban J connectivity index is 5.33. The van der Waals surface area contributed by atoms with E-state index in [1.54, 1.807) is 0 Å². The van der Waals surface area contributed by atoms with Crippen LogP contribution in [-0.4, -0.2) is 96.7 Å². The maximum Gasteiger partial charge on any atom is 0.472 e. The molecule has 0 rings (SSSR count). The molecule has 0 aliphatic carbocycles. The lowest BCUT2D eigenvalue weighted by Gasteiger charge is -2.21.